The number of amides is 1. The summed E-state index contributed by atoms with van der Waals surface area (Å²) in [4.78, 5) is 13.4. The minimum atomic E-state index is -3.73. The lowest BCUT2D eigenvalue weighted by molar-refractivity contribution is -0.116. The van der Waals surface area contributed by atoms with Gasteiger partial charge in [-0.15, -0.1) is 0 Å². The molecule has 166 valence electrons. The summed E-state index contributed by atoms with van der Waals surface area (Å²) < 4.78 is 27.8. The van der Waals surface area contributed by atoms with Gasteiger partial charge in [0, 0.05) is 18.8 Å². The number of carbonyl (C=O) groups is 1. The second kappa shape index (κ2) is 9.86. The number of piperidine rings is 1. The number of anilines is 1. The van der Waals surface area contributed by atoms with Gasteiger partial charge in [-0.3, -0.25) is 4.79 Å². The van der Waals surface area contributed by atoms with Crippen LogP contribution in [0.3, 0.4) is 0 Å². The summed E-state index contributed by atoms with van der Waals surface area (Å²) in [5.74, 6) is -0.777. The third-order valence-corrected chi connectivity index (χ3v) is 8.04. The molecular formula is C25H25ClN2O3S. The number of nitrogens with zero attached hydrogens (tertiary/aromatic N) is 1. The van der Waals surface area contributed by atoms with E-state index in [9.17, 15) is 13.2 Å². The van der Waals surface area contributed by atoms with Crippen LogP contribution in [0.25, 0.3) is 0 Å². The molecule has 0 unspecified atom stereocenters. The summed E-state index contributed by atoms with van der Waals surface area (Å²) in [6, 6.07) is 23.6. The highest BCUT2D eigenvalue weighted by molar-refractivity contribution is 7.89. The maximum Gasteiger partial charge on any atom is 0.244 e. The van der Waals surface area contributed by atoms with Crippen molar-refractivity contribution < 1.29 is 13.2 Å². The normalized spacial score (nSPS) is 14.9. The molecule has 1 fully saturated rings. The van der Waals surface area contributed by atoms with Crippen LogP contribution in [0.5, 0.6) is 0 Å². The molecule has 0 radical (unpaired) electrons. The van der Waals surface area contributed by atoms with Gasteiger partial charge in [0.25, 0.3) is 0 Å². The molecule has 1 aliphatic rings. The minimum Gasteiger partial charge on any atom is -0.325 e. The molecule has 0 atom stereocenters. The van der Waals surface area contributed by atoms with E-state index < -0.39 is 15.9 Å². The lowest BCUT2D eigenvalue weighted by atomic mass is 9.90. The fourth-order valence-electron chi connectivity index (χ4n) is 4.02. The van der Waals surface area contributed by atoms with Crippen molar-refractivity contribution in [3.63, 3.8) is 0 Å². The zero-order chi connectivity index (χ0) is 22.6. The second-order valence-corrected chi connectivity index (χ2v) is 10.2. The number of nitrogens with one attached hydrogen (secondary N) is 1. The maximum atomic E-state index is 13.4. The Morgan fingerprint density at radius 1 is 0.844 bits per heavy atom. The number of rotatable bonds is 6. The van der Waals surface area contributed by atoms with Crippen LogP contribution in [-0.2, 0) is 14.8 Å². The van der Waals surface area contributed by atoms with Crippen molar-refractivity contribution in [3.05, 3.63) is 95.0 Å². The van der Waals surface area contributed by atoms with Gasteiger partial charge in [0.15, 0.2) is 0 Å². The lowest BCUT2D eigenvalue weighted by Crippen LogP contribution is -2.35. The monoisotopic (exact) mass is 468 g/mol. The van der Waals surface area contributed by atoms with E-state index in [1.807, 2.05) is 60.7 Å². The second-order valence-electron chi connectivity index (χ2n) is 7.85. The zero-order valence-corrected chi connectivity index (χ0v) is 19.1. The van der Waals surface area contributed by atoms with Gasteiger partial charge in [-0.1, -0.05) is 78.7 Å². The molecule has 1 N–H and O–H groups in total. The predicted molar refractivity (Wildman–Crippen MR) is 127 cm³/mol. The molecule has 1 aliphatic heterocycles. The number of benzene rings is 3. The van der Waals surface area contributed by atoms with E-state index in [1.165, 1.54) is 16.4 Å². The van der Waals surface area contributed by atoms with Crippen molar-refractivity contribution in [1.82, 2.24) is 4.31 Å². The Balaban J connectivity index is 1.64. The minimum absolute atomic E-state index is 0.0230. The van der Waals surface area contributed by atoms with Gasteiger partial charge >= 0.3 is 0 Å². The van der Waals surface area contributed by atoms with Crippen molar-refractivity contribution >= 4 is 33.2 Å². The fraction of sp³-hybridized carbons (Fsp3) is 0.240. The van der Waals surface area contributed by atoms with Gasteiger partial charge < -0.3 is 5.32 Å². The largest absolute Gasteiger partial charge is 0.325 e. The van der Waals surface area contributed by atoms with E-state index in [4.69, 9.17) is 11.6 Å². The first-order chi connectivity index (χ1) is 15.5. The van der Waals surface area contributed by atoms with Gasteiger partial charge in [-0.25, -0.2) is 8.42 Å². The number of hydrogen-bond donors (Lipinski definition) is 1. The molecule has 1 amide bonds. The summed E-state index contributed by atoms with van der Waals surface area (Å²) >= 11 is 6.27. The third-order valence-electron chi connectivity index (χ3n) is 5.66. The fourth-order valence-corrected chi connectivity index (χ4v) is 6.04. The summed E-state index contributed by atoms with van der Waals surface area (Å²) in [5, 5.41) is 3.05. The number of halogens is 1. The smallest absolute Gasteiger partial charge is 0.244 e. The molecule has 7 heteroatoms. The van der Waals surface area contributed by atoms with Crippen molar-refractivity contribution in [2.45, 2.75) is 30.1 Å². The molecule has 0 saturated carbocycles. The van der Waals surface area contributed by atoms with Gasteiger partial charge in [0.1, 0.15) is 4.90 Å². The number of carbonyl (C=O) groups excluding carboxylic acids is 1. The van der Waals surface area contributed by atoms with Gasteiger partial charge in [-0.2, -0.15) is 4.31 Å². The molecule has 3 aromatic carbocycles. The Bertz CT molecular complexity index is 1140. The van der Waals surface area contributed by atoms with Crippen LogP contribution in [0.15, 0.2) is 83.8 Å². The average molecular weight is 469 g/mol. The van der Waals surface area contributed by atoms with Gasteiger partial charge in [0.2, 0.25) is 15.9 Å². The Morgan fingerprint density at radius 3 is 1.97 bits per heavy atom. The van der Waals surface area contributed by atoms with Crippen LogP contribution < -0.4 is 5.32 Å². The van der Waals surface area contributed by atoms with Crippen LogP contribution in [0, 0.1) is 0 Å². The molecule has 5 nitrogen and oxygen atoms in total. The van der Waals surface area contributed by atoms with Crippen molar-refractivity contribution in [1.29, 1.82) is 0 Å². The molecule has 0 spiro atoms. The zero-order valence-electron chi connectivity index (χ0n) is 17.6. The number of sulfonamides is 1. The van der Waals surface area contributed by atoms with Gasteiger partial charge in [-0.05, 0) is 42.2 Å². The van der Waals surface area contributed by atoms with Crippen LogP contribution in [0.1, 0.15) is 36.3 Å². The summed E-state index contributed by atoms with van der Waals surface area (Å²) in [6.45, 7) is 0.971. The highest BCUT2D eigenvalue weighted by Gasteiger charge is 2.29. The van der Waals surface area contributed by atoms with Crippen LogP contribution in [-0.4, -0.2) is 31.7 Å². The van der Waals surface area contributed by atoms with E-state index >= 15 is 0 Å². The highest BCUT2D eigenvalue weighted by Crippen LogP contribution is 2.31. The van der Waals surface area contributed by atoms with Crippen molar-refractivity contribution in [3.8, 4) is 0 Å². The molecule has 0 aliphatic carbocycles. The number of hydrogen-bond acceptors (Lipinski definition) is 3. The molecule has 0 aromatic heterocycles. The SMILES string of the molecule is O=C(Nc1ccc(Cl)c(S(=O)(=O)N2CCCCC2)c1)C(c1ccccc1)c1ccccc1. The van der Waals surface area contributed by atoms with Gasteiger partial charge in [0.05, 0.1) is 10.9 Å². The first-order valence-electron chi connectivity index (χ1n) is 10.7. The molecule has 32 heavy (non-hydrogen) atoms. The molecule has 1 saturated heterocycles. The van der Waals surface area contributed by atoms with E-state index in [-0.39, 0.29) is 15.8 Å². The Morgan fingerprint density at radius 2 is 1.41 bits per heavy atom. The highest BCUT2D eigenvalue weighted by atomic mass is 35.5. The van der Waals surface area contributed by atoms with E-state index in [1.54, 1.807) is 6.07 Å². The third kappa shape index (κ3) is 4.88. The molecule has 0 bridgehead atoms. The Labute approximate surface area is 194 Å². The molecule has 4 rings (SSSR count). The van der Waals surface area contributed by atoms with Crippen LogP contribution >= 0.6 is 11.6 Å². The summed E-state index contributed by atoms with van der Waals surface area (Å²) in [7, 11) is -3.73. The standard InChI is InChI=1S/C25H25ClN2O3S/c26-22-15-14-21(18-23(22)32(30,31)28-16-8-3-9-17-28)27-25(29)24(19-10-4-1-5-11-19)20-12-6-2-7-13-20/h1-2,4-7,10-15,18,24H,3,8-9,16-17H2,(H,27,29). The predicted octanol–water partition coefficient (Wildman–Crippen LogP) is 5.29. The summed E-state index contributed by atoms with van der Waals surface area (Å²) in [5.41, 5.74) is 2.10. The first-order valence-corrected chi connectivity index (χ1v) is 12.5. The quantitative estimate of drug-likeness (QED) is 0.534. The molecular weight excluding hydrogens is 444 g/mol. The van der Waals surface area contributed by atoms with Crippen LogP contribution in [0.4, 0.5) is 5.69 Å². The average Bonchev–Trinajstić information content (AvgIpc) is 2.82. The Kier molecular flexibility index (Phi) is 6.94. The van der Waals surface area contributed by atoms with Crippen LogP contribution in [0.2, 0.25) is 5.02 Å². The first kappa shape index (κ1) is 22.5. The van der Waals surface area contributed by atoms with E-state index in [0.29, 0.717) is 18.8 Å². The topological polar surface area (TPSA) is 66.5 Å². The van der Waals surface area contributed by atoms with E-state index in [2.05, 4.69) is 5.32 Å². The molecule has 1 heterocycles. The van der Waals surface area contributed by atoms with Crippen molar-refractivity contribution in [2.75, 3.05) is 18.4 Å². The van der Waals surface area contributed by atoms with Crippen molar-refractivity contribution in [2.24, 2.45) is 0 Å². The molecule has 3 aromatic rings. The lowest BCUT2D eigenvalue weighted by Gasteiger charge is -2.26. The Hall–Kier alpha value is -2.67. The van der Waals surface area contributed by atoms with E-state index in [0.717, 1.165) is 30.4 Å². The maximum absolute atomic E-state index is 13.4. The summed E-state index contributed by atoms with van der Waals surface area (Å²) in [6.07, 6.45) is 2.70.